The first-order valence-corrected chi connectivity index (χ1v) is 8.38. The molecule has 0 spiro atoms. The maximum atomic E-state index is 12.8. The molecule has 1 aromatic heterocycles. The van der Waals surface area contributed by atoms with E-state index >= 15 is 0 Å². The van der Waals surface area contributed by atoms with Gasteiger partial charge in [0.05, 0.1) is 7.11 Å². The average molecular weight is 368 g/mol. The zero-order chi connectivity index (χ0) is 19.4. The summed E-state index contributed by atoms with van der Waals surface area (Å²) in [6.45, 7) is 1.53. The molecule has 0 saturated carbocycles. The number of carbonyl (C=O) groups excluding carboxylic acids is 3. The topological polar surface area (TPSA) is 101 Å². The second kappa shape index (κ2) is 7.45. The van der Waals surface area contributed by atoms with Gasteiger partial charge >= 0.3 is 6.03 Å². The lowest BCUT2D eigenvalue weighted by atomic mass is 9.92. The van der Waals surface area contributed by atoms with Crippen molar-refractivity contribution in [2.24, 2.45) is 0 Å². The van der Waals surface area contributed by atoms with Gasteiger partial charge in [0.15, 0.2) is 0 Å². The molecule has 2 heterocycles. The third-order valence-electron chi connectivity index (χ3n) is 4.46. The van der Waals surface area contributed by atoms with Crippen molar-refractivity contribution in [1.29, 1.82) is 0 Å². The molecular weight excluding hydrogens is 348 g/mol. The fraction of sp³-hybridized carbons (Fsp3) is 0.263. The van der Waals surface area contributed by atoms with Crippen LogP contribution in [0.2, 0.25) is 0 Å². The summed E-state index contributed by atoms with van der Waals surface area (Å²) in [5, 5.41) is 5.35. The summed E-state index contributed by atoms with van der Waals surface area (Å²) in [6, 6.07) is 9.83. The SMILES string of the molecule is COc1ccc(C2(C)NC(=O)N(CC(=O)NCc3cccnc3)C2=O)cc1. The zero-order valence-electron chi connectivity index (χ0n) is 15.1. The van der Waals surface area contributed by atoms with Gasteiger partial charge in [-0.25, -0.2) is 4.79 Å². The molecule has 4 amide bonds. The van der Waals surface area contributed by atoms with E-state index in [4.69, 9.17) is 4.74 Å². The number of amides is 4. The number of nitrogens with zero attached hydrogens (tertiary/aromatic N) is 2. The number of aromatic nitrogens is 1. The van der Waals surface area contributed by atoms with Crippen molar-refractivity contribution >= 4 is 17.8 Å². The monoisotopic (exact) mass is 368 g/mol. The number of hydrogen-bond donors (Lipinski definition) is 2. The lowest BCUT2D eigenvalue weighted by Gasteiger charge is -2.22. The van der Waals surface area contributed by atoms with E-state index in [-0.39, 0.29) is 13.1 Å². The van der Waals surface area contributed by atoms with Crippen molar-refractivity contribution in [2.45, 2.75) is 19.0 Å². The second-order valence-corrected chi connectivity index (χ2v) is 6.31. The predicted molar refractivity (Wildman–Crippen MR) is 96.7 cm³/mol. The number of nitrogens with one attached hydrogen (secondary N) is 2. The Morgan fingerprint density at radius 3 is 2.63 bits per heavy atom. The molecule has 1 aliphatic rings. The number of carbonyl (C=O) groups is 3. The molecule has 2 aromatic rings. The summed E-state index contributed by atoms with van der Waals surface area (Å²) in [4.78, 5) is 42.2. The van der Waals surface area contributed by atoms with Gasteiger partial charge in [-0.05, 0) is 36.2 Å². The van der Waals surface area contributed by atoms with Gasteiger partial charge in [0.25, 0.3) is 5.91 Å². The largest absolute Gasteiger partial charge is 0.497 e. The average Bonchev–Trinajstić information content (AvgIpc) is 2.91. The molecule has 27 heavy (non-hydrogen) atoms. The normalized spacial score (nSPS) is 19.0. The Morgan fingerprint density at radius 1 is 1.26 bits per heavy atom. The summed E-state index contributed by atoms with van der Waals surface area (Å²) in [5.74, 6) is -0.263. The van der Waals surface area contributed by atoms with Crippen LogP contribution in [-0.4, -0.2) is 41.4 Å². The van der Waals surface area contributed by atoms with E-state index in [9.17, 15) is 14.4 Å². The summed E-state index contributed by atoms with van der Waals surface area (Å²) in [7, 11) is 1.55. The Kier molecular flexibility index (Phi) is 5.07. The molecule has 2 N–H and O–H groups in total. The van der Waals surface area contributed by atoms with Crippen LogP contribution in [-0.2, 0) is 21.7 Å². The fourth-order valence-electron chi connectivity index (χ4n) is 2.86. The molecule has 0 radical (unpaired) electrons. The number of urea groups is 1. The minimum absolute atomic E-state index is 0.270. The number of rotatable bonds is 6. The zero-order valence-corrected chi connectivity index (χ0v) is 15.1. The molecule has 8 heteroatoms. The van der Waals surface area contributed by atoms with E-state index in [2.05, 4.69) is 15.6 Å². The summed E-state index contributed by atoms with van der Waals surface area (Å²) >= 11 is 0. The highest BCUT2D eigenvalue weighted by Gasteiger charge is 2.49. The van der Waals surface area contributed by atoms with Gasteiger partial charge in [-0.1, -0.05) is 18.2 Å². The molecule has 0 aliphatic carbocycles. The number of benzene rings is 1. The lowest BCUT2D eigenvalue weighted by Crippen LogP contribution is -2.43. The molecular formula is C19H20N4O4. The Balaban J connectivity index is 1.67. The molecule has 1 saturated heterocycles. The molecule has 8 nitrogen and oxygen atoms in total. The van der Waals surface area contributed by atoms with E-state index in [1.54, 1.807) is 56.8 Å². The molecule has 1 atom stereocenters. The number of hydrogen-bond acceptors (Lipinski definition) is 5. The molecule has 1 aliphatic heterocycles. The maximum absolute atomic E-state index is 12.8. The molecule has 1 unspecified atom stereocenters. The molecule has 0 bridgehead atoms. The highest BCUT2D eigenvalue weighted by atomic mass is 16.5. The fourth-order valence-corrected chi connectivity index (χ4v) is 2.86. The summed E-state index contributed by atoms with van der Waals surface area (Å²) in [6.07, 6.45) is 3.27. The minimum Gasteiger partial charge on any atom is -0.497 e. The van der Waals surface area contributed by atoms with E-state index < -0.39 is 23.4 Å². The van der Waals surface area contributed by atoms with Gasteiger partial charge in [-0.15, -0.1) is 0 Å². The van der Waals surface area contributed by atoms with E-state index in [1.807, 2.05) is 6.07 Å². The van der Waals surface area contributed by atoms with Crippen LogP contribution in [0.1, 0.15) is 18.1 Å². The van der Waals surface area contributed by atoms with Gasteiger partial charge in [-0.3, -0.25) is 19.5 Å². The summed E-state index contributed by atoms with van der Waals surface area (Å²) in [5.41, 5.74) is 0.207. The van der Waals surface area contributed by atoms with Crippen molar-refractivity contribution < 1.29 is 19.1 Å². The van der Waals surface area contributed by atoms with Crippen LogP contribution in [0.25, 0.3) is 0 Å². The van der Waals surface area contributed by atoms with Gasteiger partial charge in [0, 0.05) is 18.9 Å². The van der Waals surface area contributed by atoms with Gasteiger partial charge in [-0.2, -0.15) is 0 Å². The highest BCUT2D eigenvalue weighted by Crippen LogP contribution is 2.29. The van der Waals surface area contributed by atoms with Crippen LogP contribution in [0.4, 0.5) is 4.79 Å². The van der Waals surface area contributed by atoms with Gasteiger partial charge < -0.3 is 15.4 Å². The number of methoxy groups -OCH3 is 1. The number of ether oxygens (including phenoxy) is 1. The molecule has 1 fully saturated rings. The first kappa shape index (κ1) is 18.4. The predicted octanol–water partition coefficient (Wildman–Crippen LogP) is 1.17. The molecule has 1 aromatic carbocycles. The Bertz CT molecular complexity index is 854. The van der Waals surface area contributed by atoms with Gasteiger partial charge in [0.2, 0.25) is 5.91 Å². The number of imide groups is 1. The smallest absolute Gasteiger partial charge is 0.325 e. The van der Waals surface area contributed by atoms with E-state index in [0.29, 0.717) is 11.3 Å². The third kappa shape index (κ3) is 3.74. The minimum atomic E-state index is -1.23. The Hall–Kier alpha value is -3.42. The quantitative estimate of drug-likeness (QED) is 0.746. The Labute approximate surface area is 156 Å². The van der Waals surface area contributed by atoms with Gasteiger partial charge in [0.1, 0.15) is 17.8 Å². The van der Waals surface area contributed by atoms with E-state index in [0.717, 1.165) is 10.5 Å². The number of pyridine rings is 1. The standard InChI is InChI=1S/C19H20N4O4/c1-19(14-5-7-15(27-2)8-6-14)17(25)23(18(26)22-19)12-16(24)21-11-13-4-3-9-20-10-13/h3-10H,11-12H2,1-2H3,(H,21,24)(H,22,26). The van der Waals surface area contributed by atoms with Crippen LogP contribution in [0.5, 0.6) is 5.75 Å². The van der Waals surface area contributed by atoms with Crippen molar-refractivity contribution in [1.82, 2.24) is 20.5 Å². The molecule has 3 rings (SSSR count). The van der Waals surface area contributed by atoms with Crippen molar-refractivity contribution in [3.8, 4) is 5.75 Å². The van der Waals surface area contributed by atoms with Crippen molar-refractivity contribution in [3.63, 3.8) is 0 Å². The highest BCUT2D eigenvalue weighted by molar-refractivity contribution is 6.09. The first-order valence-electron chi connectivity index (χ1n) is 8.38. The molecule has 140 valence electrons. The Morgan fingerprint density at radius 2 is 2.00 bits per heavy atom. The third-order valence-corrected chi connectivity index (χ3v) is 4.46. The van der Waals surface area contributed by atoms with Crippen LogP contribution in [0.3, 0.4) is 0 Å². The van der Waals surface area contributed by atoms with Crippen LogP contribution in [0, 0.1) is 0 Å². The van der Waals surface area contributed by atoms with Crippen LogP contribution < -0.4 is 15.4 Å². The first-order chi connectivity index (χ1) is 12.9. The van der Waals surface area contributed by atoms with Crippen LogP contribution >= 0.6 is 0 Å². The second-order valence-electron chi connectivity index (χ2n) is 6.31. The van der Waals surface area contributed by atoms with E-state index in [1.165, 1.54) is 0 Å². The lowest BCUT2D eigenvalue weighted by molar-refractivity contribution is -0.134. The summed E-state index contributed by atoms with van der Waals surface area (Å²) < 4.78 is 5.11. The van der Waals surface area contributed by atoms with Crippen LogP contribution in [0.15, 0.2) is 48.8 Å². The van der Waals surface area contributed by atoms with Crippen molar-refractivity contribution in [2.75, 3.05) is 13.7 Å². The van der Waals surface area contributed by atoms with Crippen molar-refractivity contribution in [3.05, 3.63) is 59.9 Å². The maximum Gasteiger partial charge on any atom is 0.325 e.